The Hall–Kier alpha value is -2.22. The molecule has 1 saturated heterocycles. The molecule has 0 spiro atoms. The van der Waals surface area contributed by atoms with Crippen LogP contribution in [0.2, 0.25) is 0 Å². The standard InChI is InChI=1S/C21H26N2O4S/c1-17-9-11-18(12-10-17)15-23(28(25,26)20-7-3-2-4-8-20)16-21(24)22-14-19-6-5-13-27-19/h2-4,7-12,19H,5-6,13-16H2,1H3,(H,22,24)/t19-/m1/s1. The molecule has 6 nitrogen and oxygen atoms in total. The first kappa shape index (κ1) is 20.5. The zero-order chi connectivity index (χ0) is 20.0. The zero-order valence-corrected chi connectivity index (χ0v) is 16.8. The predicted octanol–water partition coefficient (Wildman–Crippen LogP) is 2.48. The lowest BCUT2D eigenvalue weighted by Crippen LogP contribution is -2.42. The van der Waals surface area contributed by atoms with Crippen molar-refractivity contribution >= 4 is 15.9 Å². The van der Waals surface area contributed by atoms with Gasteiger partial charge < -0.3 is 10.1 Å². The monoisotopic (exact) mass is 402 g/mol. The van der Waals surface area contributed by atoms with Crippen LogP contribution in [-0.2, 0) is 26.1 Å². The first-order valence-corrected chi connectivity index (χ1v) is 10.9. The van der Waals surface area contributed by atoms with Gasteiger partial charge in [-0.15, -0.1) is 0 Å². The summed E-state index contributed by atoms with van der Waals surface area (Å²) in [7, 11) is -3.80. The van der Waals surface area contributed by atoms with Crippen molar-refractivity contribution in [2.24, 2.45) is 0 Å². The minimum Gasteiger partial charge on any atom is -0.376 e. The zero-order valence-electron chi connectivity index (χ0n) is 16.0. The lowest BCUT2D eigenvalue weighted by molar-refractivity contribution is -0.121. The molecule has 150 valence electrons. The summed E-state index contributed by atoms with van der Waals surface area (Å²) in [5.41, 5.74) is 1.92. The van der Waals surface area contributed by atoms with Crippen LogP contribution < -0.4 is 5.32 Å². The molecule has 1 amide bonds. The second-order valence-corrected chi connectivity index (χ2v) is 8.95. The number of hydrogen-bond acceptors (Lipinski definition) is 4. The van der Waals surface area contributed by atoms with Crippen LogP contribution in [0.15, 0.2) is 59.5 Å². The lowest BCUT2D eigenvalue weighted by atomic mass is 10.1. The van der Waals surface area contributed by atoms with Crippen LogP contribution >= 0.6 is 0 Å². The van der Waals surface area contributed by atoms with E-state index in [1.807, 2.05) is 31.2 Å². The van der Waals surface area contributed by atoms with E-state index in [1.165, 1.54) is 4.31 Å². The minimum atomic E-state index is -3.80. The summed E-state index contributed by atoms with van der Waals surface area (Å²) in [6, 6.07) is 15.8. The van der Waals surface area contributed by atoms with Gasteiger partial charge >= 0.3 is 0 Å². The summed E-state index contributed by atoms with van der Waals surface area (Å²) in [5.74, 6) is -0.331. The van der Waals surface area contributed by atoms with Gasteiger partial charge in [-0.05, 0) is 37.5 Å². The minimum absolute atomic E-state index is 0.0141. The number of rotatable bonds is 8. The summed E-state index contributed by atoms with van der Waals surface area (Å²) in [6.07, 6.45) is 1.92. The SMILES string of the molecule is Cc1ccc(CN(CC(=O)NC[C@H]2CCCO2)S(=O)(=O)c2ccccc2)cc1. The van der Waals surface area contributed by atoms with E-state index in [-0.39, 0.29) is 30.0 Å². The highest BCUT2D eigenvalue weighted by molar-refractivity contribution is 7.89. The number of amides is 1. The van der Waals surface area contributed by atoms with Gasteiger partial charge in [-0.1, -0.05) is 48.0 Å². The molecule has 2 aromatic rings. The Kier molecular flexibility index (Phi) is 6.83. The van der Waals surface area contributed by atoms with E-state index in [1.54, 1.807) is 30.3 Å². The molecule has 0 radical (unpaired) electrons. The van der Waals surface area contributed by atoms with Gasteiger partial charge in [0.15, 0.2) is 0 Å². The fourth-order valence-corrected chi connectivity index (χ4v) is 4.52. The maximum atomic E-state index is 13.1. The van der Waals surface area contributed by atoms with Crippen molar-refractivity contribution in [3.63, 3.8) is 0 Å². The molecule has 1 heterocycles. The van der Waals surface area contributed by atoms with Crippen molar-refractivity contribution in [3.05, 3.63) is 65.7 Å². The maximum Gasteiger partial charge on any atom is 0.243 e. The molecule has 3 rings (SSSR count). The second kappa shape index (κ2) is 9.32. The second-order valence-electron chi connectivity index (χ2n) is 7.01. The number of nitrogens with one attached hydrogen (secondary N) is 1. The summed E-state index contributed by atoms with van der Waals surface area (Å²) < 4.78 is 33.0. The van der Waals surface area contributed by atoms with E-state index >= 15 is 0 Å². The van der Waals surface area contributed by atoms with Crippen molar-refractivity contribution in [2.45, 2.75) is 37.3 Å². The Morgan fingerprint density at radius 1 is 1.14 bits per heavy atom. The molecule has 0 unspecified atom stereocenters. The highest BCUT2D eigenvalue weighted by Gasteiger charge is 2.27. The average molecular weight is 403 g/mol. The number of carbonyl (C=O) groups is 1. The highest BCUT2D eigenvalue weighted by Crippen LogP contribution is 2.18. The molecule has 0 bridgehead atoms. The molecular weight excluding hydrogens is 376 g/mol. The van der Waals surface area contributed by atoms with Crippen LogP contribution in [0.1, 0.15) is 24.0 Å². The van der Waals surface area contributed by atoms with E-state index in [4.69, 9.17) is 4.74 Å². The smallest absolute Gasteiger partial charge is 0.243 e. The molecule has 1 aliphatic rings. The molecule has 0 saturated carbocycles. The molecule has 7 heteroatoms. The predicted molar refractivity (Wildman–Crippen MR) is 107 cm³/mol. The summed E-state index contributed by atoms with van der Waals surface area (Å²) in [5, 5.41) is 2.80. The molecule has 2 aromatic carbocycles. The van der Waals surface area contributed by atoms with E-state index in [0.717, 1.165) is 24.0 Å². The maximum absolute atomic E-state index is 13.1. The van der Waals surface area contributed by atoms with Crippen LogP contribution in [0.3, 0.4) is 0 Å². The summed E-state index contributed by atoms with van der Waals surface area (Å²) >= 11 is 0. The molecule has 28 heavy (non-hydrogen) atoms. The molecule has 0 aliphatic carbocycles. The fraction of sp³-hybridized carbons (Fsp3) is 0.381. The van der Waals surface area contributed by atoms with E-state index < -0.39 is 10.0 Å². The molecular formula is C21H26N2O4S. The van der Waals surface area contributed by atoms with Crippen molar-refractivity contribution in [2.75, 3.05) is 19.7 Å². The third kappa shape index (κ3) is 5.41. The lowest BCUT2D eigenvalue weighted by Gasteiger charge is -2.22. The fourth-order valence-electron chi connectivity index (χ4n) is 3.11. The number of ether oxygens (including phenoxy) is 1. The normalized spacial score (nSPS) is 17.0. The van der Waals surface area contributed by atoms with Crippen molar-refractivity contribution in [3.8, 4) is 0 Å². The third-order valence-corrected chi connectivity index (χ3v) is 6.54. The van der Waals surface area contributed by atoms with Gasteiger partial charge in [0.25, 0.3) is 0 Å². The summed E-state index contributed by atoms with van der Waals surface area (Å²) in [6.45, 7) is 2.98. The quantitative estimate of drug-likeness (QED) is 0.736. The van der Waals surface area contributed by atoms with Gasteiger partial charge in [0.05, 0.1) is 17.5 Å². The van der Waals surface area contributed by atoms with Crippen LogP contribution in [0.5, 0.6) is 0 Å². The Morgan fingerprint density at radius 3 is 2.50 bits per heavy atom. The Bertz CT molecular complexity index is 876. The van der Waals surface area contributed by atoms with Crippen molar-refractivity contribution < 1.29 is 17.9 Å². The Morgan fingerprint density at radius 2 is 1.86 bits per heavy atom. The molecule has 1 atom stereocenters. The average Bonchev–Trinajstić information content (AvgIpc) is 3.22. The number of nitrogens with zero attached hydrogens (tertiary/aromatic N) is 1. The number of benzene rings is 2. The first-order valence-electron chi connectivity index (χ1n) is 9.44. The van der Waals surface area contributed by atoms with Gasteiger partial charge in [0, 0.05) is 19.7 Å². The molecule has 1 fully saturated rings. The van der Waals surface area contributed by atoms with Gasteiger partial charge in [-0.2, -0.15) is 4.31 Å². The van der Waals surface area contributed by atoms with Crippen molar-refractivity contribution in [1.82, 2.24) is 9.62 Å². The van der Waals surface area contributed by atoms with E-state index in [0.29, 0.717) is 13.2 Å². The van der Waals surface area contributed by atoms with Gasteiger partial charge in [-0.25, -0.2) is 8.42 Å². The van der Waals surface area contributed by atoms with E-state index in [9.17, 15) is 13.2 Å². The topological polar surface area (TPSA) is 75.7 Å². The molecule has 1 aliphatic heterocycles. The van der Waals surface area contributed by atoms with Gasteiger partial charge in [-0.3, -0.25) is 4.79 Å². The first-order chi connectivity index (χ1) is 13.4. The molecule has 0 aromatic heterocycles. The summed E-state index contributed by atoms with van der Waals surface area (Å²) in [4.78, 5) is 12.6. The van der Waals surface area contributed by atoms with Crippen LogP contribution in [-0.4, -0.2) is 44.4 Å². The number of carbonyl (C=O) groups excluding carboxylic acids is 1. The van der Waals surface area contributed by atoms with Crippen LogP contribution in [0.25, 0.3) is 0 Å². The third-order valence-electron chi connectivity index (χ3n) is 4.73. The number of aryl methyl sites for hydroxylation is 1. The van der Waals surface area contributed by atoms with E-state index in [2.05, 4.69) is 5.32 Å². The molecule has 1 N–H and O–H groups in total. The Labute approximate surface area is 166 Å². The van der Waals surface area contributed by atoms with Gasteiger partial charge in [0.1, 0.15) is 0 Å². The van der Waals surface area contributed by atoms with Crippen LogP contribution in [0, 0.1) is 6.92 Å². The van der Waals surface area contributed by atoms with Crippen molar-refractivity contribution in [1.29, 1.82) is 0 Å². The van der Waals surface area contributed by atoms with Crippen LogP contribution in [0.4, 0.5) is 0 Å². The Balaban J connectivity index is 1.75. The number of hydrogen-bond donors (Lipinski definition) is 1. The highest BCUT2D eigenvalue weighted by atomic mass is 32.2. The van der Waals surface area contributed by atoms with Gasteiger partial charge in [0.2, 0.25) is 15.9 Å². The number of sulfonamides is 1. The largest absolute Gasteiger partial charge is 0.376 e.